The third-order valence-electron chi connectivity index (χ3n) is 3.21. The second kappa shape index (κ2) is 7.91. The fourth-order valence-electron chi connectivity index (χ4n) is 2.25. The van der Waals surface area contributed by atoms with Crippen LogP contribution in [0.3, 0.4) is 0 Å². The number of nitrogens with zero attached hydrogens (tertiary/aromatic N) is 2. The first-order valence-corrected chi connectivity index (χ1v) is 6.38. The molecule has 1 aliphatic heterocycles. The van der Waals surface area contributed by atoms with Crippen LogP contribution in [0.2, 0.25) is 0 Å². The van der Waals surface area contributed by atoms with Gasteiger partial charge < -0.3 is 19.4 Å². The summed E-state index contributed by atoms with van der Waals surface area (Å²) in [5, 5.41) is 3.34. The first-order chi connectivity index (χ1) is 9.78. The molecule has 0 amide bonds. The molecular formula is C14H17Cl2N3O3. The van der Waals surface area contributed by atoms with Crippen LogP contribution in [-0.4, -0.2) is 31.2 Å². The maximum Gasteiger partial charge on any atom is 0.360 e. The van der Waals surface area contributed by atoms with Crippen LogP contribution in [0.15, 0.2) is 34.9 Å². The minimum absolute atomic E-state index is 0. The molecule has 0 fully saturated rings. The summed E-state index contributed by atoms with van der Waals surface area (Å²) in [7, 11) is 1.32. The number of nitrogens with one attached hydrogen (secondary N) is 1. The Kier molecular flexibility index (Phi) is 6.52. The number of carbonyl (C=O) groups is 1. The van der Waals surface area contributed by atoms with Crippen molar-refractivity contribution < 1.29 is 13.9 Å². The lowest BCUT2D eigenvalue weighted by Crippen LogP contribution is -2.33. The van der Waals surface area contributed by atoms with Crippen molar-refractivity contribution in [1.29, 1.82) is 0 Å². The molecule has 0 saturated carbocycles. The second-order valence-corrected chi connectivity index (χ2v) is 4.48. The van der Waals surface area contributed by atoms with E-state index in [1.807, 2.05) is 24.3 Å². The average molecular weight is 346 g/mol. The predicted molar refractivity (Wildman–Crippen MR) is 88.3 cm³/mol. The van der Waals surface area contributed by atoms with E-state index in [0.29, 0.717) is 12.4 Å². The van der Waals surface area contributed by atoms with Gasteiger partial charge in [-0.3, -0.25) is 0 Å². The first-order valence-electron chi connectivity index (χ1n) is 6.38. The van der Waals surface area contributed by atoms with Crippen LogP contribution in [0.5, 0.6) is 0 Å². The molecule has 8 heteroatoms. The van der Waals surface area contributed by atoms with Crippen LogP contribution in [0.4, 0.5) is 11.4 Å². The van der Waals surface area contributed by atoms with Crippen molar-refractivity contribution >= 4 is 42.2 Å². The summed E-state index contributed by atoms with van der Waals surface area (Å²) in [6.07, 6.45) is 1.33. The first kappa shape index (κ1) is 18.1. The number of rotatable bonds is 3. The predicted octanol–water partition coefficient (Wildman–Crippen LogP) is 2.74. The number of aromatic nitrogens is 1. The molecule has 0 aliphatic carbocycles. The number of methoxy groups -OCH3 is 1. The number of oxazole rings is 1. The van der Waals surface area contributed by atoms with Crippen molar-refractivity contribution in [3.05, 3.63) is 42.1 Å². The molecule has 1 aromatic carbocycles. The van der Waals surface area contributed by atoms with E-state index < -0.39 is 5.97 Å². The molecule has 0 bridgehead atoms. The van der Waals surface area contributed by atoms with Gasteiger partial charge in [-0.25, -0.2) is 9.78 Å². The fraction of sp³-hybridized carbons (Fsp3) is 0.286. The summed E-state index contributed by atoms with van der Waals surface area (Å²) in [4.78, 5) is 17.7. The molecule has 0 unspecified atom stereocenters. The molecular weight excluding hydrogens is 329 g/mol. The van der Waals surface area contributed by atoms with Gasteiger partial charge in [-0.2, -0.15) is 0 Å². The van der Waals surface area contributed by atoms with Gasteiger partial charge in [0.2, 0.25) is 5.89 Å². The highest BCUT2D eigenvalue weighted by Crippen LogP contribution is 2.29. The highest BCUT2D eigenvalue weighted by atomic mass is 35.5. The van der Waals surface area contributed by atoms with Gasteiger partial charge in [-0.05, 0) is 12.1 Å². The van der Waals surface area contributed by atoms with E-state index in [2.05, 4.69) is 19.9 Å². The van der Waals surface area contributed by atoms with E-state index in [0.717, 1.165) is 24.5 Å². The molecule has 0 spiro atoms. The van der Waals surface area contributed by atoms with Gasteiger partial charge in [0.05, 0.1) is 25.0 Å². The quantitative estimate of drug-likeness (QED) is 0.862. The third-order valence-corrected chi connectivity index (χ3v) is 3.21. The Morgan fingerprint density at radius 2 is 2.18 bits per heavy atom. The number of carbonyl (C=O) groups excluding carboxylic acids is 1. The summed E-state index contributed by atoms with van der Waals surface area (Å²) in [5.41, 5.74) is 2.40. The minimum atomic E-state index is -0.485. The van der Waals surface area contributed by atoms with Crippen LogP contribution in [0.1, 0.15) is 16.4 Å². The smallest absolute Gasteiger partial charge is 0.360 e. The Hall–Kier alpha value is -1.92. The summed E-state index contributed by atoms with van der Waals surface area (Å²) in [6.45, 7) is 2.24. The highest BCUT2D eigenvalue weighted by Gasteiger charge is 2.19. The Balaban J connectivity index is 0.00000121. The number of halogens is 2. The van der Waals surface area contributed by atoms with E-state index >= 15 is 0 Å². The number of benzene rings is 1. The average Bonchev–Trinajstić information content (AvgIpc) is 2.95. The molecule has 2 heterocycles. The maximum atomic E-state index is 11.3. The molecule has 0 atom stereocenters. The van der Waals surface area contributed by atoms with E-state index in [-0.39, 0.29) is 30.5 Å². The van der Waals surface area contributed by atoms with Gasteiger partial charge in [-0.15, -0.1) is 24.8 Å². The van der Waals surface area contributed by atoms with Crippen LogP contribution in [-0.2, 0) is 11.3 Å². The fourth-order valence-corrected chi connectivity index (χ4v) is 2.25. The summed E-state index contributed by atoms with van der Waals surface area (Å²) in [5.74, 6) is 0.0165. The zero-order valence-electron chi connectivity index (χ0n) is 11.9. The molecule has 6 nitrogen and oxygen atoms in total. The van der Waals surface area contributed by atoms with Gasteiger partial charge in [0, 0.05) is 13.1 Å². The number of esters is 1. The molecule has 0 saturated heterocycles. The number of para-hydroxylation sites is 2. The van der Waals surface area contributed by atoms with Crippen LogP contribution in [0, 0.1) is 0 Å². The van der Waals surface area contributed by atoms with E-state index in [1.165, 1.54) is 13.4 Å². The van der Waals surface area contributed by atoms with Crippen LogP contribution < -0.4 is 10.2 Å². The topological polar surface area (TPSA) is 67.6 Å². The molecule has 3 rings (SSSR count). The van der Waals surface area contributed by atoms with Gasteiger partial charge in [0.1, 0.15) is 6.26 Å². The van der Waals surface area contributed by atoms with Crippen molar-refractivity contribution in [2.24, 2.45) is 0 Å². The Morgan fingerprint density at radius 1 is 1.41 bits per heavy atom. The van der Waals surface area contributed by atoms with Crippen molar-refractivity contribution in [2.45, 2.75) is 6.54 Å². The summed E-state index contributed by atoms with van der Waals surface area (Å²) < 4.78 is 9.94. The molecule has 1 aromatic heterocycles. The van der Waals surface area contributed by atoms with Gasteiger partial charge in [-0.1, -0.05) is 12.1 Å². The van der Waals surface area contributed by atoms with Crippen molar-refractivity contribution in [3.8, 4) is 0 Å². The van der Waals surface area contributed by atoms with Crippen LogP contribution in [0.25, 0.3) is 0 Å². The van der Waals surface area contributed by atoms with E-state index in [1.54, 1.807) is 0 Å². The number of anilines is 2. The van der Waals surface area contributed by atoms with Gasteiger partial charge in [0.25, 0.3) is 0 Å². The Labute approximate surface area is 140 Å². The van der Waals surface area contributed by atoms with Gasteiger partial charge >= 0.3 is 5.97 Å². The molecule has 0 radical (unpaired) electrons. The lowest BCUT2D eigenvalue weighted by atomic mass is 10.2. The lowest BCUT2D eigenvalue weighted by molar-refractivity contribution is 0.0594. The molecule has 1 aliphatic rings. The second-order valence-electron chi connectivity index (χ2n) is 4.48. The van der Waals surface area contributed by atoms with Crippen molar-refractivity contribution in [1.82, 2.24) is 4.98 Å². The van der Waals surface area contributed by atoms with Crippen molar-refractivity contribution in [2.75, 3.05) is 30.4 Å². The van der Waals surface area contributed by atoms with Gasteiger partial charge in [0.15, 0.2) is 5.69 Å². The zero-order valence-corrected chi connectivity index (χ0v) is 13.6. The number of ether oxygens (including phenoxy) is 1. The number of hydrogen-bond acceptors (Lipinski definition) is 6. The third kappa shape index (κ3) is 3.64. The lowest BCUT2D eigenvalue weighted by Gasteiger charge is -2.30. The van der Waals surface area contributed by atoms with E-state index in [9.17, 15) is 4.79 Å². The Bertz CT molecular complexity index is 633. The molecule has 120 valence electrons. The Morgan fingerprint density at radius 3 is 2.95 bits per heavy atom. The monoisotopic (exact) mass is 345 g/mol. The maximum absolute atomic E-state index is 11.3. The highest BCUT2D eigenvalue weighted by molar-refractivity contribution is 5.86. The number of fused-ring (bicyclic) bond motifs is 1. The zero-order chi connectivity index (χ0) is 13.9. The number of hydrogen-bond donors (Lipinski definition) is 1. The van der Waals surface area contributed by atoms with Crippen LogP contribution >= 0.6 is 24.8 Å². The molecule has 2 aromatic rings. The minimum Gasteiger partial charge on any atom is -0.464 e. The van der Waals surface area contributed by atoms with Crippen molar-refractivity contribution in [3.63, 3.8) is 0 Å². The SMILES string of the molecule is COC(=O)c1coc(CN2CCNc3ccccc32)n1.Cl.Cl. The molecule has 1 N–H and O–H groups in total. The largest absolute Gasteiger partial charge is 0.464 e. The standard InChI is InChI=1S/C14H15N3O3.2ClH/c1-19-14(18)11-9-20-13(16-11)8-17-7-6-15-10-4-2-3-5-12(10)17;;/h2-5,9,15H,6-8H2,1H3;2*1H. The molecule has 22 heavy (non-hydrogen) atoms. The normalized spacial score (nSPS) is 12.3. The summed E-state index contributed by atoms with van der Waals surface area (Å²) in [6, 6.07) is 8.08. The summed E-state index contributed by atoms with van der Waals surface area (Å²) >= 11 is 0. The van der Waals surface area contributed by atoms with E-state index in [4.69, 9.17) is 4.42 Å².